The van der Waals surface area contributed by atoms with Crippen LogP contribution in [-0.2, 0) is 4.74 Å². The summed E-state index contributed by atoms with van der Waals surface area (Å²) in [5, 5.41) is 7.40. The molecular weight excluding hydrogens is 218 g/mol. The zero-order chi connectivity index (χ0) is 12.3. The van der Waals surface area contributed by atoms with Crippen LogP contribution in [0.25, 0.3) is 0 Å². The van der Waals surface area contributed by atoms with E-state index in [4.69, 9.17) is 9.26 Å². The topological polar surface area (TPSA) is 60.2 Å². The average molecular weight is 239 g/mol. The third-order valence-corrected chi connectivity index (χ3v) is 3.02. The molecule has 1 N–H and O–H groups in total. The molecule has 0 bridgehead atoms. The standard InChI is InChI=1S/C12H21N3O2/c1-4-16-10(8(2)3)11-14-12(17-15-11)9-6-5-7-13-9/h8-10,13H,4-7H2,1-3H3. The van der Waals surface area contributed by atoms with Crippen molar-refractivity contribution in [1.82, 2.24) is 15.5 Å². The summed E-state index contributed by atoms with van der Waals surface area (Å²) in [7, 11) is 0. The summed E-state index contributed by atoms with van der Waals surface area (Å²) in [4.78, 5) is 4.47. The second kappa shape index (κ2) is 5.60. The van der Waals surface area contributed by atoms with Crippen molar-refractivity contribution in [3.63, 3.8) is 0 Å². The average Bonchev–Trinajstić information content (AvgIpc) is 2.95. The lowest BCUT2D eigenvalue weighted by Crippen LogP contribution is -2.15. The molecule has 1 aromatic rings. The summed E-state index contributed by atoms with van der Waals surface area (Å²) in [5.74, 6) is 1.71. The molecule has 2 unspecified atom stereocenters. The van der Waals surface area contributed by atoms with Crippen molar-refractivity contribution in [3.05, 3.63) is 11.7 Å². The Morgan fingerprint density at radius 3 is 2.94 bits per heavy atom. The predicted molar refractivity (Wildman–Crippen MR) is 63.5 cm³/mol. The lowest BCUT2D eigenvalue weighted by Gasteiger charge is -2.16. The van der Waals surface area contributed by atoms with Gasteiger partial charge in [0.05, 0.1) is 6.04 Å². The zero-order valence-electron chi connectivity index (χ0n) is 10.8. The molecule has 1 aliphatic rings. The van der Waals surface area contributed by atoms with Gasteiger partial charge in [0.2, 0.25) is 11.7 Å². The first-order valence-electron chi connectivity index (χ1n) is 6.40. The van der Waals surface area contributed by atoms with Gasteiger partial charge >= 0.3 is 0 Å². The van der Waals surface area contributed by atoms with E-state index in [9.17, 15) is 0 Å². The van der Waals surface area contributed by atoms with Crippen LogP contribution in [0.2, 0.25) is 0 Å². The number of nitrogens with one attached hydrogen (secondary N) is 1. The first-order valence-corrected chi connectivity index (χ1v) is 6.40. The molecular formula is C12H21N3O2. The van der Waals surface area contributed by atoms with Crippen molar-refractivity contribution in [2.75, 3.05) is 13.2 Å². The fourth-order valence-electron chi connectivity index (χ4n) is 2.14. The van der Waals surface area contributed by atoms with Crippen molar-refractivity contribution in [1.29, 1.82) is 0 Å². The Hall–Kier alpha value is -0.940. The quantitative estimate of drug-likeness (QED) is 0.853. The lowest BCUT2D eigenvalue weighted by atomic mass is 10.1. The van der Waals surface area contributed by atoms with Gasteiger partial charge in [-0.3, -0.25) is 0 Å². The number of ether oxygens (including phenoxy) is 1. The lowest BCUT2D eigenvalue weighted by molar-refractivity contribution is 0.0217. The van der Waals surface area contributed by atoms with E-state index in [0.717, 1.165) is 13.0 Å². The van der Waals surface area contributed by atoms with Crippen LogP contribution in [0, 0.1) is 5.92 Å². The highest BCUT2D eigenvalue weighted by Crippen LogP contribution is 2.26. The molecule has 1 saturated heterocycles. The van der Waals surface area contributed by atoms with Gasteiger partial charge in [0.15, 0.2) is 0 Å². The van der Waals surface area contributed by atoms with Crippen molar-refractivity contribution in [2.24, 2.45) is 5.92 Å². The highest BCUT2D eigenvalue weighted by molar-refractivity contribution is 4.98. The highest BCUT2D eigenvalue weighted by Gasteiger charge is 2.26. The van der Waals surface area contributed by atoms with E-state index in [2.05, 4.69) is 29.3 Å². The van der Waals surface area contributed by atoms with Crippen LogP contribution in [0.4, 0.5) is 0 Å². The summed E-state index contributed by atoms with van der Waals surface area (Å²) in [5.41, 5.74) is 0. The molecule has 2 heterocycles. The minimum Gasteiger partial charge on any atom is -0.370 e. The summed E-state index contributed by atoms with van der Waals surface area (Å²) in [6, 6.07) is 0.227. The Morgan fingerprint density at radius 2 is 2.35 bits per heavy atom. The van der Waals surface area contributed by atoms with E-state index >= 15 is 0 Å². The number of hydrogen-bond acceptors (Lipinski definition) is 5. The maximum absolute atomic E-state index is 5.66. The molecule has 2 atom stereocenters. The van der Waals surface area contributed by atoms with Gasteiger partial charge < -0.3 is 14.6 Å². The van der Waals surface area contributed by atoms with Crippen molar-refractivity contribution < 1.29 is 9.26 Å². The molecule has 0 saturated carbocycles. The molecule has 1 fully saturated rings. The number of nitrogens with zero attached hydrogens (tertiary/aromatic N) is 2. The van der Waals surface area contributed by atoms with E-state index < -0.39 is 0 Å². The van der Waals surface area contributed by atoms with Gasteiger partial charge in [-0.2, -0.15) is 4.98 Å². The molecule has 1 aromatic heterocycles. The first-order chi connectivity index (χ1) is 8.22. The van der Waals surface area contributed by atoms with Crippen LogP contribution in [0.3, 0.4) is 0 Å². The second-order valence-electron chi connectivity index (χ2n) is 4.76. The second-order valence-corrected chi connectivity index (χ2v) is 4.76. The number of rotatable bonds is 5. The monoisotopic (exact) mass is 239 g/mol. The molecule has 0 aliphatic carbocycles. The normalized spacial score (nSPS) is 22.2. The Bertz CT molecular complexity index is 345. The maximum atomic E-state index is 5.66. The maximum Gasteiger partial charge on any atom is 0.243 e. The summed E-state index contributed by atoms with van der Waals surface area (Å²) < 4.78 is 11.0. The van der Waals surface area contributed by atoms with Crippen LogP contribution in [-0.4, -0.2) is 23.3 Å². The molecule has 5 heteroatoms. The minimum absolute atomic E-state index is 0.0705. The molecule has 17 heavy (non-hydrogen) atoms. The molecule has 0 radical (unpaired) electrons. The third kappa shape index (κ3) is 2.84. The van der Waals surface area contributed by atoms with Gasteiger partial charge in [-0.25, -0.2) is 0 Å². The van der Waals surface area contributed by atoms with Gasteiger partial charge in [0.25, 0.3) is 0 Å². The van der Waals surface area contributed by atoms with E-state index in [1.165, 1.54) is 6.42 Å². The molecule has 0 spiro atoms. The summed E-state index contributed by atoms with van der Waals surface area (Å²) >= 11 is 0. The fraction of sp³-hybridized carbons (Fsp3) is 0.833. The minimum atomic E-state index is -0.0705. The van der Waals surface area contributed by atoms with Gasteiger partial charge in [-0.15, -0.1) is 0 Å². The highest BCUT2D eigenvalue weighted by atomic mass is 16.5. The Kier molecular flexibility index (Phi) is 4.12. The van der Waals surface area contributed by atoms with E-state index in [-0.39, 0.29) is 12.1 Å². The zero-order valence-corrected chi connectivity index (χ0v) is 10.8. The Labute approximate surface area is 102 Å². The van der Waals surface area contributed by atoms with E-state index in [0.29, 0.717) is 24.2 Å². The van der Waals surface area contributed by atoms with Gasteiger partial charge in [-0.1, -0.05) is 19.0 Å². The SMILES string of the molecule is CCOC(c1noc(C2CCCN2)n1)C(C)C. The molecule has 0 aromatic carbocycles. The van der Waals surface area contributed by atoms with Gasteiger partial charge in [-0.05, 0) is 32.2 Å². The predicted octanol–water partition coefficient (Wildman–Crippen LogP) is 2.23. The molecule has 0 amide bonds. The largest absolute Gasteiger partial charge is 0.370 e. The smallest absolute Gasteiger partial charge is 0.243 e. The van der Waals surface area contributed by atoms with Gasteiger partial charge in [0, 0.05) is 6.61 Å². The van der Waals surface area contributed by atoms with E-state index in [1.807, 2.05) is 6.92 Å². The third-order valence-electron chi connectivity index (χ3n) is 3.02. The molecule has 96 valence electrons. The van der Waals surface area contributed by atoms with Crippen molar-refractivity contribution in [3.8, 4) is 0 Å². The van der Waals surface area contributed by atoms with Crippen LogP contribution < -0.4 is 5.32 Å². The first kappa shape index (κ1) is 12.5. The van der Waals surface area contributed by atoms with Crippen molar-refractivity contribution in [2.45, 2.75) is 45.8 Å². The molecule has 5 nitrogen and oxygen atoms in total. The number of hydrogen-bond donors (Lipinski definition) is 1. The fourth-order valence-corrected chi connectivity index (χ4v) is 2.14. The van der Waals surface area contributed by atoms with E-state index in [1.54, 1.807) is 0 Å². The van der Waals surface area contributed by atoms with Crippen LogP contribution >= 0.6 is 0 Å². The van der Waals surface area contributed by atoms with Crippen LogP contribution in [0.15, 0.2) is 4.52 Å². The molecule has 2 rings (SSSR count). The van der Waals surface area contributed by atoms with Gasteiger partial charge in [0.1, 0.15) is 6.10 Å². The summed E-state index contributed by atoms with van der Waals surface area (Å²) in [6.07, 6.45) is 2.17. The van der Waals surface area contributed by atoms with Crippen LogP contribution in [0.5, 0.6) is 0 Å². The Morgan fingerprint density at radius 1 is 1.53 bits per heavy atom. The molecule has 1 aliphatic heterocycles. The number of aromatic nitrogens is 2. The van der Waals surface area contributed by atoms with Crippen LogP contribution in [0.1, 0.15) is 57.5 Å². The Balaban J connectivity index is 2.09. The van der Waals surface area contributed by atoms with Crippen molar-refractivity contribution >= 4 is 0 Å². The summed E-state index contributed by atoms with van der Waals surface area (Å²) in [6.45, 7) is 7.87.